The highest BCUT2D eigenvalue weighted by atomic mass is 32.1. The molecule has 2 aliphatic heterocycles. The molecule has 2 saturated heterocycles. The Morgan fingerprint density at radius 1 is 1.27 bits per heavy atom. The van der Waals surface area contributed by atoms with E-state index in [1.54, 1.807) is 0 Å². The van der Waals surface area contributed by atoms with E-state index in [2.05, 4.69) is 28.6 Å². The molecule has 0 spiro atoms. The van der Waals surface area contributed by atoms with E-state index in [1.807, 2.05) is 17.5 Å². The summed E-state index contributed by atoms with van der Waals surface area (Å²) in [5.74, 6) is 0. The summed E-state index contributed by atoms with van der Waals surface area (Å²) in [5, 5.41) is 1.14. The van der Waals surface area contributed by atoms with E-state index in [0.29, 0.717) is 6.10 Å². The van der Waals surface area contributed by atoms with Crippen molar-refractivity contribution in [3.8, 4) is 0 Å². The summed E-state index contributed by atoms with van der Waals surface area (Å²) in [4.78, 5) is 10.7. The van der Waals surface area contributed by atoms with Crippen LogP contribution in [0.5, 0.6) is 0 Å². The van der Waals surface area contributed by atoms with Gasteiger partial charge in [0.25, 0.3) is 0 Å². The Bertz CT molecular complexity index is 458. The lowest BCUT2D eigenvalue weighted by Gasteiger charge is -2.35. The minimum Gasteiger partial charge on any atom is -0.375 e. The first kappa shape index (κ1) is 16.2. The standard InChI is InChI=1S/C16H27N3O2S/c1-3-19(4-2)16-17-10-13(22-16)11-18-7-9-21-15(12-18)14-6-5-8-20-14/h10,14-15H,3-9,11-12H2,1-2H3/t14-,15+/m1/s1. The summed E-state index contributed by atoms with van der Waals surface area (Å²) in [6.45, 7) is 11.1. The number of morpholine rings is 1. The third-order valence-corrected chi connectivity index (χ3v) is 5.55. The van der Waals surface area contributed by atoms with E-state index in [-0.39, 0.29) is 6.10 Å². The maximum Gasteiger partial charge on any atom is 0.185 e. The number of nitrogens with zero attached hydrogens (tertiary/aromatic N) is 3. The summed E-state index contributed by atoms with van der Waals surface area (Å²) >= 11 is 1.82. The molecule has 5 nitrogen and oxygen atoms in total. The molecule has 3 heterocycles. The van der Waals surface area contributed by atoms with Crippen LogP contribution in [0.25, 0.3) is 0 Å². The zero-order chi connectivity index (χ0) is 15.4. The number of hydrogen-bond donors (Lipinski definition) is 0. The monoisotopic (exact) mass is 325 g/mol. The summed E-state index contributed by atoms with van der Waals surface area (Å²) < 4.78 is 11.7. The molecule has 0 radical (unpaired) electrons. The third-order valence-electron chi connectivity index (χ3n) is 4.51. The Labute approximate surface area is 137 Å². The minimum absolute atomic E-state index is 0.242. The van der Waals surface area contributed by atoms with E-state index in [1.165, 1.54) is 11.3 Å². The predicted molar refractivity (Wildman–Crippen MR) is 89.7 cm³/mol. The van der Waals surface area contributed by atoms with Crippen molar-refractivity contribution in [3.63, 3.8) is 0 Å². The van der Waals surface area contributed by atoms with Crippen LogP contribution in [0.4, 0.5) is 5.13 Å². The molecule has 0 aromatic carbocycles. The molecular formula is C16H27N3O2S. The van der Waals surface area contributed by atoms with Crippen molar-refractivity contribution in [3.05, 3.63) is 11.1 Å². The van der Waals surface area contributed by atoms with Gasteiger partial charge in [-0.15, -0.1) is 11.3 Å². The second-order valence-electron chi connectivity index (χ2n) is 5.98. The third kappa shape index (κ3) is 3.79. The number of ether oxygens (including phenoxy) is 2. The van der Waals surface area contributed by atoms with Gasteiger partial charge in [-0.2, -0.15) is 0 Å². The average Bonchev–Trinajstić information content (AvgIpc) is 3.21. The Hall–Kier alpha value is -0.690. The minimum atomic E-state index is 0.242. The molecule has 2 fully saturated rings. The van der Waals surface area contributed by atoms with E-state index in [4.69, 9.17) is 9.47 Å². The van der Waals surface area contributed by atoms with Crippen LogP contribution in [-0.4, -0.2) is 61.5 Å². The van der Waals surface area contributed by atoms with Gasteiger partial charge in [-0.1, -0.05) is 0 Å². The van der Waals surface area contributed by atoms with Crippen molar-refractivity contribution >= 4 is 16.5 Å². The average molecular weight is 325 g/mol. The summed E-state index contributed by atoms with van der Waals surface area (Å²) in [7, 11) is 0. The number of aromatic nitrogens is 1. The molecule has 3 rings (SSSR count). The van der Waals surface area contributed by atoms with Crippen LogP contribution >= 0.6 is 11.3 Å². The van der Waals surface area contributed by atoms with Crippen LogP contribution in [0.2, 0.25) is 0 Å². The van der Waals surface area contributed by atoms with Crippen molar-refractivity contribution in [1.82, 2.24) is 9.88 Å². The van der Waals surface area contributed by atoms with Crippen LogP contribution in [0.15, 0.2) is 6.20 Å². The molecule has 6 heteroatoms. The lowest BCUT2D eigenvalue weighted by molar-refractivity contribution is -0.0958. The van der Waals surface area contributed by atoms with E-state index in [0.717, 1.165) is 57.5 Å². The second-order valence-corrected chi connectivity index (χ2v) is 7.07. The molecule has 0 N–H and O–H groups in total. The largest absolute Gasteiger partial charge is 0.375 e. The molecule has 0 bridgehead atoms. The molecule has 0 unspecified atom stereocenters. The van der Waals surface area contributed by atoms with Gasteiger partial charge in [0.2, 0.25) is 0 Å². The molecule has 1 aromatic heterocycles. The van der Waals surface area contributed by atoms with Crippen molar-refractivity contribution < 1.29 is 9.47 Å². The smallest absolute Gasteiger partial charge is 0.185 e. The lowest BCUT2D eigenvalue weighted by Crippen LogP contribution is -2.47. The molecular weight excluding hydrogens is 298 g/mol. The van der Waals surface area contributed by atoms with Crippen molar-refractivity contribution in [2.45, 2.75) is 45.4 Å². The zero-order valence-corrected chi connectivity index (χ0v) is 14.5. The van der Waals surface area contributed by atoms with E-state index in [9.17, 15) is 0 Å². The molecule has 124 valence electrons. The zero-order valence-electron chi connectivity index (χ0n) is 13.7. The van der Waals surface area contributed by atoms with Crippen molar-refractivity contribution in [2.75, 3.05) is 44.3 Å². The normalized spacial score (nSPS) is 26.5. The SMILES string of the molecule is CCN(CC)c1ncc(CN2CCO[C@H]([C@H]3CCCO3)C2)s1. The van der Waals surface area contributed by atoms with Gasteiger partial charge in [-0.3, -0.25) is 4.90 Å². The topological polar surface area (TPSA) is 37.8 Å². The maximum absolute atomic E-state index is 5.92. The van der Waals surface area contributed by atoms with Crippen LogP contribution in [0.1, 0.15) is 31.6 Å². The molecule has 2 aliphatic rings. The van der Waals surface area contributed by atoms with E-state index >= 15 is 0 Å². The summed E-state index contributed by atoms with van der Waals surface area (Å²) in [6, 6.07) is 0. The van der Waals surface area contributed by atoms with Gasteiger partial charge in [0.05, 0.1) is 18.8 Å². The van der Waals surface area contributed by atoms with Crippen molar-refractivity contribution in [2.24, 2.45) is 0 Å². The van der Waals surface area contributed by atoms with Crippen molar-refractivity contribution in [1.29, 1.82) is 0 Å². The van der Waals surface area contributed by atoms with Gasteiger partial charge < -0.3 is 14.4 Å². The molecule has 0 aliphatic carbocycles. The predicted octanol–water partition coefficient (Wildman–Crippen LogP) is 2.37. The number of thiazole rings is 1. The number of hydrogen-bond acceptors (Lipinski definition) is 6. The molecule has 1 aromatic rings. The quantitative estimate of drug-likeness (QED) is 0.803. The summed E-state index contributed by atoms with van der Waals surface area (Å²) in [6.07, 6.45) is 4.90. The van der Waals surface area contributed by atoms with Gasteiger partial charge >= 0.3 is 0 Å². The Morgan fingerprint density at radius 3 is 2.82 bits per heavy atom. The Morgan fingerprint density at radius 2 is 2.09 bits per heavy atom. The van der Waals surface area contributed by atoms with Gasteiger partial charge in [0.1, 0.15) is 0 Å². The fraction of sp³-hybridized carbons (Fsp3) is 0.812. The van der Waals surface area contributed by atoms with Gasteiger partial charge in [-0.05, 0) is 26.7 Å². The number of rotatable bonds is 6. The highest BCUT2D eigenvalue weighted by molar-refractivity contribution is 7.15. The van der Waals surface area contributed by atoms with Gasteiger partial charge in [-0.25, -0.2) is 4.98 Å². The van der Waals surface area contributed by atoms with Crippen LogP contribution < -0.4 is 4.90 Å². The maximum atomic E-state index is 5.92. The molecule has 22 heavy (non-hydrogen) atoms. The first-order valence-corrected chi connectivity index (χ1v) is 9.27. The molecule has 0 amide bonds. The van der Waals surface area contributed by atoms with Gasteiger partial charge in [0, 0.05) is 50.4 Å². The molecule has 2 atom stereocenters. The van der Waals surface area contributed by atoms with Crippen LogP contribution in [-0.2, 0) is 16.0 Å². The van der Waals surface area contributed by atoms with Crippen LogP contribution in [0.3, 0.4) is 0 Å². The highest BCUT2D eigenvalue weighted by Gasteiger charge is 2.31. The Balaban J connectivity index is 1.56. The second kappa shape index (κ2) is 7.73. The summed E-state index contributed by atoms with van der Waals surface area (Å²) in [5.41, 5.74) is 0. The first-order chi connectivity index (χ1) is 10.8. The molecule has 0 saturated carbocycles. The first-order valence-electron chi connectivity index (χ1n) is 8.45. The highest BCUT2D eigenvalue weighted by Crippen LogP contribution is 2.25. The van der Waals surface area contributed by atoms with Crippen LogP contribution in [0, 0.1) is 0 Å². The lowest BCUT2D eigenvalue weighted by atomic mass is 10.1. The van der Waals surface area contributed by atoms with Gasteiger partial charge in [0.15, 0.2) is 5.13 Å². The Kier molecular flexibility index (Phi) is 5.68. The van der Waals surface area contributed by atoms with E-state index < -0.39 is 0 Å². The fourth-order valence-corrected chi connectivity index (χ4v) is 4.31. The number of anilines is 1. The fourth-order valence-electron chi connectivity index (χ4n) is 3.23.